The Bertz CT molecular complexity index is 322. The third-order valence-electron chi connectivity index (χ3n) is 2.84. The topological polar surface area (TPSA) is 26.3 Å². The van der Waals surface area contributed by atoms with E-state index in [4.69, 9.17) is 4.43 Å². The maximum Gasteiger partial charge on any atom is 0.218 e. The van der Waals surface area contributed by atoms with Crippen LogP contribution in [0.3, 0.4) is 0 Å². The van der Waals surface area contributed by atoms with Crippen LogP contribution in [0.1, 0.15) is 13.3 Å². The van der Waals surface area contributed by atoms with Crippen LogP contribution in [0.5, 0.6) is 0 Å². The fourth-order valence-electron chi connectivity index (χ4n) is 1.49. The van der Waals surface area contributed by atoms with Gasteiger partial charge < -0.3 is 9.22 Å². The van der Waals surface area contributed by atoms with Gasteiger partial charge in [-0.05, 0) is 24.7 Å². The number of rotatable bonds is 6. The Morgan fingerprint density at radius 3 is 2.44 bits per heavy atom. The molecule has 1 atom stereocenters. The molecule has 0 aliphatic rings. The van der Waals surface area contributed by atoms with Crippen molar-refractivity contribution >= 4 is 19.8 Å². The minimum Gasteiger partial charge on any atom is -0.412 e. The van der Waals surface area contributed by atoms with E-state index in [1.807, 2.05) is 25.1 Å². The van der Waals surface area contributed by atoms with E-state index in [9.17, 15) is 4.79 Å². The third kappa shape index (κ3) is 3.58. The Morgan fingerprint density at radius 1 is 1.31 bits per heavy atom. The molecule has 1 rings (SSSR count). The normalized spacial score (nSPS) is 13.4. The zero-order valence-electron chi connectivity index (χ0n) is 10.3. The fraction of sp³-hybridized carbons (Fsp3) is 0.462. The van der Waals surface area contributed by atoms with Gasteiger partial charge in [0.25, 0.3) is 0 Å². The van der Waals surface area contributed by atoms with Gasteiger partial charge in [0.1, 0.15) is 6.29 Å². The zero-order valence-corrected chi connectivity index (χ0v) is 11.3. The minimum atomic E-state index is -1.83. The lowest BCUT2D eigenvalue weighted by molar-refractivity contribution is -0.112. The van der Waals surface area contributed by atoms with Crippen molar-refractivity contribution in [3.63, 3.8) is 0 Å². The maximum atomic E-state index is 10.7. The molecule has 16 heavy (non-hydrogen) atoms. The number of benzene rings is 1. The van der Waals surface area contributed by atoms with Crippen LogP contribution in [-0.2, 0) is 9.22 Å². The van der Waals surface area contributed by atoms with Gasteiger partial charge in [0.2, 0.25) is 8.32 Å². The summed E-state index contributed by atoms with van der Waals surface area (Å²) in [7, 11) is -1.83. The van der Waals surface area contributed by atoms with Crippen molar-refractivity contribution in [2.45, 2.75) is 26.4 Å². The number of hydrogen-bond donors (Lipinski definition) is 0. The van der Waals surface area contributed by atoms with Gasteiger partial charge in [-0.1, -0.05) is 37.3 Å². The van der Waals surface area contributed by atoms with Crippen molar-refractivity contribution in [3.05, 3.63) is 30.3 Å². The largest absolute Gasteiger partial charge is 0.412 e. The van der Waals surface area contributed by atoms with Gasteiger partial charge in [-0.25, -0.2) is 0 Å². The van der Waals surface area contributed by atoms with Gasteiger partial charge in [0, 0.05) is 12.5 Å². The van der Waals surface area contributed by atoms with Gasteiger partial charge in [0.15, 0.2) is 0 Å². The number of carbonyl (C=O) groups excluding carboxylic acids is 1. The predicted octanol–water partition coefficient (Wildman–Crippen LogP) is 2.34. The smallest absolute Gasteiger partial charge is 0.218 e. The molecule has 0 N–H and O–H groups in total. The van der Waals surface area contributed by atoms with Gasteiger partial charge >= 0.3 is 0 Å². The van der Waals surface area contributed by atoms with Crippen LogP contribution in [0.25, 0.3) is 0 Å². The van der Waals surface area contributed by atoms with Crippen molar-refractivity contribution in [2.24, 2.45) is 5.92 Å². The summed E-state index contributed by atoms with van der Waals surface area (Å²) >= 11 is 0. The second kappa shape index (κ2) is 5.96. The quantitative estimate of drug-likeness (QED) is 0.560. The minimum absolute atomic E-state index is 0.0375. The molecule has 0 aliphatic carbocycles. The highest BCUT2D eigenvalue weighted by Crippen LogP contribution is 2.09. The molecule has 0 spiro atoms. The van der Waals surface area contributed by atoms with E-state index < -0.39 is 8.32 Å². The summed E-state index contributed by atoms with van der Waals surface area (Å²) in [5, 5.41) is 1.27. The molecule has 0 bridgehead atoms. The molecule has 0 aromatic heterocycles. The molecule has 3 heteroatoms. The highest BCUT2D eigenvalue weighted by molar-refractivity contribution is 6.84. The van der Waals surface area contributed by atoms with Gasteiger partial charge in [-0.3, -0.25) is 0 Å². The molecule has 2 nitrogen and oxygen atoms in total. The van der Waals surface area contributed by atoms with Crippen molar-refractivity contribution < 1.29 is 9.22 Å². The molecule has 0 fully saturated rings. The van der Waals surface area contributed by atoms with E-state index in [0.29, 0.717) is 6.61 Å². The average molecular weight is 236 g/mol. The second-order valence-electron chi connectivity index (χ2n) is 4.49. The van der Waals surface area contributed by atoms with E-state index in [2.05, 4.69) is 25.2 Å². The Balaban J connectivity index is 2.62. The Morgan fingerprint density at radius 2 is 1.94 bits per heavy atom. The molecule has 1 aromatic rings. The maximum absolute atomic E-state index is 10.7. The van der Waals surface area contributed by atoms with Crippen LogP contribution in [0.2, 0.25) is 13.1 Å². The van der Waals surface area contributed by atoms with Crippen LogP contribution >= 0.6 is 0 Å². The molecule has 0 heterocycles. The predicted molar refractivity (Wildman–Crippen MR) is 69.4 cm³/mol. The first-order valence-electron chi connectivity index (χ1n) is 5.75. The Kier molecular flexibility index (Phi) is 4.90. The summed E-state index contributed by atoms with van der Waals surface area (Å²) in [6.45, 7) is 6.90. The zero-order chi connectivity index (χ0) is 12.0. The molecule has 0 aliphatic heterocycles. The summed E-state index contributed by atoms with van der Waals surface area (Å²) in [5.74, 6) is 0.0375. The van der Waals surface area contributed by atoms with Crippen molar-refractivity contribution in [1.29, 1.82) is 0 Å². The lowest BCUT2D eigenvalue weighted by Gasteiger charge is -2.24. The van der Waals surface area contributed by atoms with Crippen molar-refractivity contribution in [2.75, 3.05) is 6.61 Å². The standard InChI is InChI=1S/C13H20O2Si/c1-4-12(10-14)11-15-16(2,3)13-8-6-5-7-9-13/h5-10,12H,4,11H2,1-3H3. The van der Waals surface area contributed by atoms with Crippen LogP contribution in [0.15, 0.2) is 30.3 Å². The SMILES string of the molecule is CCC(C=O)CO[Si](C)(C)c1ccccc1. The lowest BCUT2D eigenvalue weighted by atomic mass is 10.1. The van der Waals surface area contributed by atoms with E-state index in [1.165, 1.54) is 5.19 Å². The highest BCUT2D eigenvalue weighted by atomic mass is 28.4. The second-order valence-corrected chi connectivity index (χ2v) is 8.38. The molecule has 0 amide bonds. The average Bonchev–Trinajstić information content (AvgIpc) is 2.31. The molecule has 88 valence electrons. The van der Waals surface area contributed by atoms with Gasteiger partial charge in [0.05, 0.1) is 0 Å². The van der Waals surface area contributed by atoms with E-state index in [1.54, 1.807) is 0 Å². The summed E-state index contributed by atoms with van der Waals surface area (Å²) in [4.78, 5) is 10.7. The fourth-order valence-corrected chi connectivity index (χ4v) is 3.28. The first-order chi connectivity index (χ1) is 7.60. The number of hydrogen-bond acceptors (Lipinski definition) is 2. The number of aldehydes is 1. The summed E-state index contributed by atoms with van der Waals surface area (Å²) < 4.78 is 5.97. The summed E-state index contributed by atoms with van der Waals surface area (Å²) in [5.41, 5.74) is 0. The monoisotopic (exact) mass is 236 g/mol. The van der Waals surface area contributed by atoms with Crippen LogP contribution in [-0.4, -0.2) is 21.2 Å². The van der Waals surface area contributed by atoms with Crippen LogP contribution in [0.4, 0.5) is 0 Å². The van der Waals surface area contributed by atoms with Crippen molar-refractivity contribution in [1.82, 2.24) is 0 Å². The molecule has 0 saturated heterocycles. The van der Waals surface area contributed by atoms with Crippen LogP contribution in [0, 0.1) is 5.92 Å². The summed E-state index contributed by atoms with van der Waals surface area (Å²) in [6, 6.07) is 10.3. The third-order valence-corrected chi connectivity index (χ3v) is 5.46. The van der Waals surface area contributed by atoms with Crippen LogP contribution < -0.4 is 5.19 Å². The summed E-state index contributed by atoms with van der Waals surface area (Å²) in [6.07, 6.45) is 1.85. The van der Waals surface area contributed by atoms with Gasteiger partial charge in [-0.15, -0.1) is 0 Å². The molecular formula is C13H20O2Si. The number of carbonyl (C=O) groups is 1. The Labute approximate surface area is 98.8 Å². The Hall–Kier alpha value is -0.933. The molecule has 0 saturated carbocycles. The van der Waals surface area contributed by atoms with Crippen molar-refractivity contribution in [3.8, 4) is 0 Å². The van der Waals surface area contributed by atoms with E-state index in [-0.39, 0.29) is 5.92 Å². The lowest BCUT2D eigenvalue weighted by Crippen LogP contribution is -2.45. The van der Waals surface area contributed by atoms with Gasteiger partial charge in [-0.2, -0.15) is 0 Å². The van der Waals surface area contributed by atoms with E-state index >= 15 is 0 Å². The molecule has 0 radical (unpaired) electrons. The first-order valence-corrected chi connectivity index (χ1v) is 8.65. The highest BCUT2D eigenvalue weighted by Gasteiger charge is 2.25. The van der Waals surface area contributed by atoms with E-state index in [0.717, 1.165) is 12.7 Å². The first kappa shape index (κ1) is 13.1. The molecular weight excluding hydrogens is 216 g/mol. The molecule has 1 unspecified atom stereocenters. The molecule has 1 aromatic carbocycles.